The van der Waals surface area contributed by atoms with Crippen molar-refractivity contribution in [3.8, 4) is 5.75 Å². The van der Waals surface area contributed by atoms with Gasteiger partial charge in [0.2, 0.25) is 5.89 Å². The van der Waals surface area contributed by atoms with E-state index < -0.39 is 0 Å². The van der Waals surface area contributed by atoms with Crippen LogP contribution < -0.4 is 4.74 Å². The van der Waals surface area contributed by atoms with Gasteiger partial charge in [-0.2, -0.15) is 4.98 Å². The molecule has 0 N–H and O–H groups in total. The molecule has 1 aromatic heterocycles. The molecule has 0 radical (unpaired) electrons. The molecule has 2 aromatic rings. The van der Waals surface area contributed by atoms with Crippen molar-refractivity contribution < 1.29 is 14.1 Å². The predicted octanol–water partition coefficient (Wildman–Crippen LogP) is 2.38. The molecule has 3 rings (SSSR count). The number of thioether (sulfide) groups is 1. The monoisotopic (exact) mass is 319 g/mol. The quantitative estimate of drug-likeness (QED) is 0.814. The Balaban J connectivity index is 1.55. The molecule has 0 saturated carbocycles. The molecule has 1 aromatic carbocycles. The second-order valence-corrected chi connectivity index (χ2v) is 6.03. The number of ether oxygens (including phenoxy) is 1. The van der Waals surface area contributed by atoms with Crippen LogP contribution >= 0.6 is 11.8 Å². The van der Waals surface area contributed by atoms with E-state index in [4.69, 9.17) is 9.26 Å². The fourth-order valence-electron chi connectivity index (χ4n) is 2.25. The van der Waals surface area contributed by atoms with Crippen LogP contribution in [0.2, 0.25) is 0 Å². The summed E-state index contributed by atoms with van der Waals surface area (Å²) in [5, 5.41) is 4.13. The van der Waals surface area contributed by atoms with Crippen LogP contribution in [-0.2, 0) is 12.8 Å². The third-order valence-electron chi connectivity index (χ3n) is 3.47. The van der Waals surface area contributed by atoms with E-state index in [9.17, 15) is 4.79 Å². The molecule has 1 saturated heterocycles. The van der Waals surface area contributed by atoms with Crippen LogP contribution in [0.25, 0.3) is 0 Å². The van der Waals surface area contributed by atoms with E-state index in [1.165, 1.54) is 11.8 Å². The van der Waals surface area contributed by atoms with Gasteiger partial charge in [0.05, 0.1) is 7.11 Å². The van der Waals surface area contributed by atoms with Crippen LogP contribution in [0.3, 0.4) is 0 Å². The topological polar surface area (TPSA) is 68.5 Å². The van der Waals surface area contributed by atoms with Crippen LogP contribution in [0, 0.1) is 0 Å². The first kappa shape index (κ1) is 14.9. The molecule has 0 bridgehead atoms. The zero-order chi connectivity index (χ0) is 15.4. The highest BCUT2D eigenvalue weighted by molar-refractivity contribution is 8.13. The summed E-state index contributed by atoms with van der Waals surface area (Å²) < 4.78 is 10.4. The Labute approximate surface area is 132 Å². The first-order valence-corrected chi connectivity index (χ1v) is 8.09. The molecule has 116 valence electrons. The maximum Gasteiger partial charge on any atom is 0.281 e. The van der Waals surface area contributed by atoms with Gasteiger partial charge >= 0.3 is 0 Å². The average Bonchev–Trinajstić information content (AvgIpc) is 3.15. The first-order chi connectivity index (χ1) is 10.7. The Bertz CT molecular complexity index is 642. The summed E-state index contributed by atoms with van der Waals surface area (Å²) >= 11 is 1.36. The first-order valence-electron chi connectivity index (χ1n) is 7.10. The van der Waals surface area contributed by atoms with E-state index in [1.807, 2.05) is 29.2 Å². The van der Waals surface area contributed by atoms with E-state index in [2.05, 4.69) is 10.1 Å². The molecule has 0 atom stereocenters. The molecule has 0 unspecified atom stereocenters. The SMILES string of the molecule is COc1ccc(Cc2noc(CCN3CCSC3=O)n2)cc1. The van der Waals surface area contributed by atoms with Gasteiger partial charge in [-0.25, -0.2) is 0 Å². The highest BCUT2D eigenvalue weighted by Crippen LogP contribution is 2.17. The number of aromatic nitrogens is 2. The molecule has 22 heavy (non-hydrogen) atoms. The van der Waals surface area contributed by atoms with Crippen molar-refractivity contribution in [3.63, 3.8) is 0 Å². The lowest BCUT2D eigenvalue weighted by Gasteiger charge is -2.11. The fourth-order valence-corrected chi connectivity index (χ4v) is 3.10. The normalized spacial score (nSPS) is 14.6. The van der Waals surface area contributed by atoms with Crippen molar-refractivity contribution in [1.29, 1.82) is 0 Å². The molecule has 2 heterocycles. The van der Waals surface area contributed by atoms with E-state index in [0.717, 1.165) is 23.6 Å². The number of hydrogen-bond donors (Lipinski definition) is 0. The van der Waals surface area contributed by atoms with Crippen LogP contribution in [0.1, 0.15) is 17.3 Å². The number of carbonyl (C=O) groups is 1. The van der Waals surface area contributed by atoms with Crippen LogP contribution in [0.4, 0.5) is 4.79 Å². The van der Waals surface area contributed by atoms with Gasteiger partial charge in [-0.1, -0.05) is 29.1 Å². The maximum atomic E-state index is 11.5. The van der Waals surface area contributed by atoms with E-state index in [1.54, 1.807) is 7.11 Å². The summed E-state index contributed by atoms with van der Waals surface area (Å²) in [6, 6.07) is 7.78. The van der Waals surface area contributed by atoms with Crippen molar-refractivity contribution in [2.75, 3.05) is 26.0 Å². The Kier molecular flexibility index (Phi) is 4.62. The minimum Gasteiger partial charge on any atom is -0.497 e. The molecule has 1 amide bonds. The molecule has 1 aliphatic heterocycles. The van der Waals surface area contributed by atoms with Crippen LogP contribution in [0.15, 0.2) is 28.8 Å². The fraction of sp³-hybridized carbons (Fsp3) is 0.400. The van der Waals surface area contributed by atoms with Gasteiger partial charge in [-0.15, -0.1) is 0 Å². The maximum absolute atomic E-state index is 11.5. The lowest BCUT2D eigenvalue weighted by molar-refractivity contribution is 0.228. The number of amides is 1. The number of nitrogens with zero attached hydrogens (tertiary/aromatic N) is 3. The molecule has 1 fully saturated rings. The predicted molar refractivity (Wildman–Crippen MR) is 83.2 cm³/mol. The summed E-state index contributed by atoms with van der Waals surface area (Å²) in [6.07, 6.45) is 1.22. The summed E-state index contributed by atoms with van der Waals surface area (Å²) in [7, 11) is 1.64. The smallest absolute Gasteiger partial charge is 0.281 e. The molecule has 1 aliphatic rings. The highest BCUT2D eigenvalue weighted by atomic mass is 32.2. The summed E-state index contributed by atoms with van der Waals surface area (Å²) in [6.45, 7) is 1.44. The summed E-state index contributed by atoms with van der Waals surface area (Å²) in [5.74, 6) is 2.92. The number of carbonyl (C=O) groups excluding carboxylic acids is 1. The van der Waals surface area contributed by atoms with E-state index in [-0.39, 0.29) is 5.24 Å². The number of hydrogen-bond acceptors (Lipinski definition) is 6. The van der Waals surface area contributed by atoms with Gasteiger partial charge in [-0.05, 0) is 17.7 Å². The lowest BCUT2D eigenvalue weighted by Crippen LogP contribution is -2.25. The Hall–Kier alpha value is -2.02. The zero-order valence-corrected chi connectivity index (χ0v) is 13.1. The third-order valence-corrected chi connectivity index (χ3v) is 4.36. The van der Waals surface area contributed by atoms with Crippen molar-refractivity contribution in [1.82, 2.24) is 15.0 Å². The lowest BCUT2D eigenvalue weighted by atomic mass is 10.1. The summed E-state index contributed by atoms with van der Waals surface area (Å²) in [5.41, 5.74) is 1.10. The second kappa shape index (κ2) is 6.83. The summed E-state index contributed by atoms with van der Waals surface area (Å²) in [4.78, 5) is 17.7. The molecule has 6 nitrogen and oxygen atoms in total. The molecule has 7 heteroatoms. The number of benzene rings is 1. The molecular formula is C15H17N3O3S. The third kappa shape index (κ3) is 3.59. The van der Waals surface area contributed by atoms with Crippen molar-refractivity contribution in [2.45, 2.75) is 12.8 Å². The Morgan fingerprint density at radius 1 is 1.36 bits per heavy atom. The van der Waals surface area contributed by atoms with Crippen molar-refractivity contribution in [2.24, 2.45) is 0 Å². The standard InChI is InChI=1S/C15H17N3O3S/c1-20-12-4-2-11(3-5-12)10-13-16-14(21-17-13)6-7-18-8-9-22-15(18)19/h2-5H,6-10H2,1H3. The Morgan fingerprint density at radius 2 is 2.18 bits per heavy atom. The highest BCUT2D eigenvalue weighted by Gasteiger charge is 2.21. The molecular weight excluding hydrogens is 302 g/mol. The van der Waals surface area contributed by atoms with E-state index >= 15 is 0 Å². The zero-order valence-electron chi connectivity index (χ0n) is 12.3. The van der Waals surface area contributed by atoms with Gasteiger partial charge in [-0.3, -0.25) is 4.79 Å². The van der Waals surface area contributed by atoms with Gasteiger partial charge in [0.25, 0.3) is 5.24 Å². The molecule has 0 aliphatic carbocycles. The average molecular weight is 319 g/mol. The Morgan fingerprint density at radius 3 is 2.86 bits per heavy atom. The molecule has 0 spiro atoms. The number of methoxy groups -OCH3 is 1. The van der Waals surface area contributed by atoms with Gasteiger partial charge < -0.3 is 14.2 Å². The van der Waals surface area contributed by atoms with Crippen molar-refractivity contribution >= 4 is 17.0 Å². The van der Waals surface area contributed by atoms with Crippen LogP contribution in [0.5, 0.6) is 5.75 Å². The largest absolute Gasteiger partial charge is 0.497 e. The van der Waals surface area contributed by atoms with Gasteiger partial charge in [0.1, 0.15) is 5.75 Å². The minimum absolute atomic E-state index is 0.137. The second-order valence-electron chi connectivity index (χ2n) is 4.98. The van der Waals surface area contributed by atoms with Crippen molar-refractivity contribution in [3.05, 3.63) is 41.5 Å². The number of rotatable bonds is 6. The van der Waals surface area contributed by atoms with E-state index in [0.29, 0.717) is 31.1 Å². The van der Waals surface area contributed by atoms with Gasteiger partial charge in [0, 0.05) is 31.7 Å². The van der Waals surface area contributed by atoms with Crippen LogP contribution in [-0.4, -0.2) is 46.2 Å². The minimum atomic E-state index is 0.137. The van der Waals surface area contributed by atoms with Gasteiger partial charge in [0.15, 0.2) is 5.82 Å².